The van der Waals surface area contributed by atoms with Crippen molar-refractivity contribution in [2.24, 2.45) is 0 Å². The summed E-state index contributed by atoms with van der Waals surface area (Å²) >= 11 is 0. The second-order valence-electron chi connectivity index (χ2n) is 4.31. The van der Waals surface area contributed by atoms with Gasteiger partial charge in [0.15, 0.2) is 6.29 Å². The highest BCUT2D eigenvalue weighted by molar-refractivity contribution is 6.01. The zero-order valence-electron chi connectivity index (χ0n) is 10.6. The van der Waals surface area contributed by atoms with E-state index in [1.807, 2.05) is 57.9 Å². The molecule has 2 aromatic heterocycles. The van der Waals surface area contributed by atoms with E-state index >= 15 is 0 Å². The minimum Gasteiger partial charge on any atom is -0.364 e. The van der Waals surface area contributed by atoms with Crippen LogP contribution >= 0.6 is 0 Å². The van der Waals surface area contributed by atoms with Crippen molar-refractivity contribution in [3.63, 3.8) is 0 Å². The molecule has 0 aliphatic heterocycles. The van der Waals surface area contributed by atoms with Gasteiger partial charge in [0.25, 0.3) is 0 Å². The van der Waals surface area contributed by atoms with Crippen molar-refractivity contribution in [2.45, 2.75) is 6.73 Å². The molecule has 0 spiro atoms. The Morgan fingerprint density at radius 1 is 1.16 bits per heavy atom. The number of aromatic nitrogens is 2. The van der Waals surface area contributed by atoms with E-state index in [0.717, 1.165) is 23.0 Å². The average molecular weight is 254 g/mol. The van der Waals surface area contributed by atoms with Gasteiger partial charge in [-0.2, -0.15) is 0 Å². The topological polar surface area (TPSA) is 36.2 Å². The first kappa shape index (κ1) is 11.7. The van der Waals surface area contributed by atoms with Gasteiger partial charge in [-0.05, 0) is 18.2 Å². The molecule has 0 saturated carbocycles. The third kappa shape index (κ3) is 1.77. The quantitative estimate of drug-likeness (QED) is 0.671. The Balaban J connectivity index is 2.40. The number of rotatable bonds is 4. The van der Waals surface area contributed by atoms with E-state index in [0.29, 0.717) is 12.3 Å². The van der Waals surface area contributed by atoms with Gasteiger partial charge in [0.1, 0.15) is 12.5 Å². The van der Waals surface area contributed by atoms with Crippen LogP contribution in [0.15, 0.2) is 48.8 Å². The maximum atomic E-state index is 11.5. The molecule has 0 saturated heterocycles. The number of carbonyl (C=O) groups is 1. The molecular formula is C15H14N2O2. The molecule has 0 amide bonds. The average Bonchev–Trinajstić information content (AvgIpc) is 3.05. The predicted molar refractivity (Wildman–Crippen MR) is 73.7 cm³/mol. The number of ether oxygens (including phenoxy) is 1. The lowest BCUT2D eigenvalue weighted by molar-refractivity contribution is 0.112. The van der Waals surface area contributed by atoms with E-state index in [9.17, 15) is 4.79 Å². The smallest absolute Gasteiger partial charge is 0.154 e. The summed E-state index contributed by atoms with van der Waals surface area (Å²) in [5.74, 6) is 0.836. The van der Waals surface area contributed by atoms with Crippen LogP contribution in [-0.2, 0) is 11.5 Å². The van der Waals surface area contributed by atoms with Gasteiger partial charge in [0.05, 0.1) is 11.1 Å². The summed E-state index contributed by atoms with van der Waals surface area (Å²) in [5, 5.41) is 0.943. The summed E-state index contributed by atoms with van der Waals surface area (Å²) in [4.78, 5) is 11.5. The van der Waals surface area contributed by atoms with Crippen molar-refractivity contribution in [1.29, 1.82) is 0 Å². The number of aldehydes is 1. The van der Waals surface area contributed by atoms with Crippen molar-refractivity contribution >= 4 is 17.2 Å². The summed E-state index contributed by atoms with van der Waals surface area (Å²) in [7, 11) is 1.65. The van der Waals surface area contributed by atoms with Crippen LogP contribution < -0.4 is 0 Å². The van der Waals surface area contributed by atoms with Crippen molar-refractivity contribution in [3.05, 3.63) is 54.4 Å². The minimum atomic E-state index is 0.405. The lowest BCUT2D eigenvalue weighted by Crippen LogP contribution is -2.07. The zero-order valence-corrected chi connectivity index (χ0v) is 10.6. The van der Waals surface area contributed by atoms with Crippen molar-refractivity contribution in [2.75, 3.05) is 7.11 Å². The van der Waals surface area contributed by atoms with Gasteiger partial charge in [0, 0.05) is 24.9 Å². The van der Waals surface area contributed by atoms with Crippen LogP contribution in [0.25, 0.3) is 16.7 Å². The fraction of sp³-hybridized carbons (Fsp3) is 0.133. The van der Waals surface area contributed by atoms with Crippen LogP contribution in [0.2, 0.25) is 0 Å². The van der Waals surface area contributed by atoms with E-state index in [-0.39, 0.29) is 0 Å². The first-order valence-electron chi connectivity index (χ1n) is 6.05. The first-order chi connectivity index (χ1) is 9.36. The molecule has 0 bridgehead atoms. The number of fused-ring (bicyclic) bond motifs is 1. The highest BCUT2D eigenvalue weighted by Crippen LogP contribution is 2.28. The standard InChI is InChI=1S/C15H14N2O2/c1-19-11-17-14-7-3-2-6-12(14)13(10-18)15(17)16-8-4-5-9-16/h2-10H,11H2,1H3. The van der Waals surface area contributed by atoms with Crippen molar-refractivity contribution in [3.8, 4) is 5.82 Å². The van der Waals surface area contributed by atoms with Crippen LogP contribution in [-0.4, -0.2) is 22.5 Å². The lowest BCUT2D eigenvalue weighted by Gasteiger charge is -2.10. The van der Waals surface area contributed by atoms with Crippen LogP contribution in [0.4, 0.5) is 0 Å². The van der Waals surface area contributed by atoms with Gasteiger partial charge in [0.2, 0.25) is 0 Å². The summed E-state index contributed by atoms with van der Waals surface area (Å²) in [6.07, 6.45) is 4.75. The number of para-hydroxylation sites is 1. The Bertz CT molecular complexity index is 711. The molecule has 0 aliphatic carbocycles. The highest BCUT2D eigenvalue weighted by atomic mass is 16.5. The van der Waals surface area contributed by atoms with Crippen molar-refractivity contribution in [1.82, 2.24) is 9.13 Å². The number of methoxy groups -OCH3 is 1. The SMILES string of the molecule is COCn1c(-n2cccc2)c(C=O)c2ccccc21. The maximum Gasteiger partial charge on any atom is 0.154 e. The van der Waals surface area contributed by atoms with E-state index in [2.05, 4.69) is 0 Å². The summed E-state index contributed by atoms with van der Waals surface area (Å²) in [6.45, 7) is 0.405. The molecule has 3 aromatic rings. The molecule has 0 aliphatic rings. The van der Waals surface area contributed by atoms with Gasteiger partial charge in [-0.15, -0.1) is 0 Å². The van der Waals surface area contributed by atoms with Crippen molar-refractivity contribution < 1.29 is 9.53 Å². The maximum absolute atomic E-state index is 11.5. The van der Waals surface area contributed by atoms with Gasteiger partial charge >= 0.3 is 0 Å². The second-order valence-corrected chi connectivity index (χ2v) is 4.31. The third-order valence-electron chi connectivity index (χ3n) is 3.21. The van der Waals surface area contributed by atoms with Gasteiger partial charge < -0.3 is 13.9 Å². The first-order valence-corrected chi connectivity index (χ1v) is 6.05. The Morgan fingerprint density at radius 3 is 2.58 bits per heavy atom. The fourth-order valence-electron chi connectivity index (χ4n) is 2.45. The lowest BCUT2D eigenvalue weighted by atomic mass is 10.2. The minimum absolute atomic E-state index is 0.405. The molecule has 0 unspecified atom stereocenters. The number of hydrogen-bond acceptors (Lipinski definition) is 2. The summed E-state index contributed by atoms with van der Waals surface area (Å²) in [5.41, 5.74) is 1.68. The van der Waals surface area contributed by atoms with E-state index in [4.69, 9.17) is 4.74 Å². The number of carbonyl (C=O) groups excluding carboxylic acids is 1. The number of nitrogens with zero attached hydrogens (tertiary/aromatic N) is 2. The molecule has 0 radical (unpaired) electrons. The highest BCUT2D eigenvalue weighted by Gasteiger charge is 2.17. The van der Waals surface area contributed by atoms with Gasteiger partial charge in [-0.3, -0.25) is 4.79 Å². The number of hydrogen-bond donors (Lipinski definition) is 0. The summed E-state index contributed by atoms with van der Waals surface area (Å²) < 4.78 is 9.20. The largest absolute Gasteiger partial charge is 0.364 e. The molecule has 1 aromatic carbocycles. The predicted octanol–water partition coefficient (Wildman–Crippen LogP) is 2.85. The molecule has 4 nitrogen and oxygen atoms in total. The van der Waals surface area contributed by atoms with Crippen LogP contribution in [0, 0.1) is 0 Å². The van der Waals surface area contributed by atoms with E-state index in [1.54, 1.807) is 7.11 Å². The molecule has 0 N–H and O–H groups in total. The van der Waals surface area contributed by atoms with Gasteiger partial charge in [-0.1, -0.05) is 18.2 Å². The normalized spacial score (nSPS) is 11.0. The molecule has 96 valence electrons. The number of benzene rings is 1. The fourth-order valence-corrected chi connectivity index (χ4v) is 2.45. The zero-order chi connectivity index (χ0) is 13.2. The van der Waals surface area contributed by atoms with E-state index < -0.39 is 0 Å². The molecule has 3 rings (SSSR count). The summed E-state index contributed by atoms with van der Waals surface area (Å²) in [6, 6.07) is 11.7. The molecule has 0 fully saturated rings. The molecule has 2 heterocycles. The molecular weight excluding hydrogens is 240 g/mol. The third-order valence-corrected chi connectivity index (χ3v) is 3.21. The van der Waals surface area contributed by atoms with Gasteiger partial charge in [-0.25, -0.2) is 0 Å². The molecule has 4 heteroatoms. The van der Waals surface area contributed by atoms with Crippen LogP contribution in [0.3, 0.4) is 0 Å². The van der Waals surface area contributed by atoms with Crippen LogP contribution in [0.5, 0.6) is 0 Å². The van der Waals surface area contributed by atoms with E-state index in [1.165, 1.54) is 0 Å². The van der Waals surface area contributed by atoms with Crippen LogP contribution in [0.1, 0.15) is 10.4 Å². The Labute approximate surface area is 110 Å². The Kier molecular flexibility index (Phi) is 2.93. The second kappa shape index (κ2) is 4.74. The Morgan fingerprint density at radius 2 is 1.89 bits per heavy atom. The monoisotopic (exact) mass is 254 g/mol. The Hall–Kier alpha value is -2.33. The molecule has 19 heavy (non-hydrogen) atoms. The molecule has 0 atom stereocenters.